The van der Waals surface area contributed by atoms with Gasteiger partial charge in [0, 0.05) is 30.6 Å². The van der Waals surface area contributed by atoms with Crippen LogP contribution in [0.15, 0.2) is 23.8 Å². The van der Waals surface area contributed by atoms with Gasteiger partial charge in [0.15, 0.2) is 0 Å². The van der Waals surface area contributed by atoms with Crippen molar-refractivity contribution < 1.29 is 4.79 Å². The minimum atomic E-state index is -0.0274. The van der Waals surface area contributed by atoms with E-state index < -0.39 is 0 Å². The van der Waals surface area contributed by atoms with Crippen LogP contribution in [0.5, 0.6) is 0 Å². The van der Waals surface area contributed by atoms with Gasteiger partial charge in [0.2, 0.25) is 5.91 Å². The van der Waals surface area contributed by atoms with Gasteiger partial charge < -0.3 is 5.32 Å². The molecule has 0 saturated carbocycles. The summed E-state index contributed by atoms with van der Waals surface area (Å²) in [5, 5.41) is 2.81. The van der Waals surface area contributed by atoms with E-state index in [0.29, 0.717) is 12.6 Å². The standard InChI is InChI=1S/C17H22N4OS/c1-12-17(23-11-20-12)10-21-7-3-4-16(21)14-5-6-18-15(8-14)9-19-13(2)22/h5-6,8,11,16H,3-4,7,9-10H2,1-2H3,(H,19,22)/t16-/m0/s1. The molecular weight excluding hydrogens is 308 g/mol. The number of nitrogens with one attached hydrogen (secondary N) is 1. The van der Waals surface area contributed by atoms with Crippen LogP contribution in [0.2, 0.25) is 0 Å². The van der Waals surface area contributed by atoms with E-state index in [0.717, 1.165) is 24.5 Å². The van der Waals surface area contributed by atoms with Gasteiger partial charge in [0.1, 0.15) is 0 Å². The van der Waals surface area contributed by atoms with Gasteiger partial charge in [-0.25, -0.2) is 4.98 Å². The Morgan fingerprint density at radius 1 is 1.48 bits per heavy atom. The van der Waals surface area contributed by atoms with Crippen LogP contribution in [0.1, 0.15) is 47.6 Å². The fourth-order valence-electron chi connectivity index (χ4n) is 3.07. The zero-order valence-electron chi connectivity index (χ0n) is 13.6. The van der Waals surface area contributed by atoms with Crippen molar-refractivity contribution in [2.75, 3.05) is 6.54 Å². The van der Waals surface area contributed by atoms with Crippen molar-refractivity contribution in [1.29, 1.82) is 0 Å². The zero-order chi connectivity index (χ0) is 16.2. The van der Waals surface area contributed by atoms with Crippen molar-refractivity contribution >= 4 is 17.2 Å². The molecule has 5 nitrogen and oxygen atoms in total. The quantitative estimate of drug-likeness (QED) is 0.916. The van der Waals surface area contributed by atoms with Crippen LogP contribution >= 0.6 is 11.3 Å². The first kappa shape index (κ1) is 16.1. The van der Waals surface area contributed by atoms with Crippen LogP contribution in [0.25, 0.3) is 0 Å². The third-order valence-corrected chi connectivity index (χ3v) is 5.22. The van der Waals surface area contributed by atoms with Crippen LogP contribution in [-0.2, 0) is 17.9 Å². The normalized spacial score (nSPS) is 18.3. The molecule has 0 radical (unpaired) electrons. The highest BCUT2D eigenvalue weighted by atomic mass is 32.1. The lowest BCUT2D eigenvalue weighted by molar-refractivity contribution is -0.119. The minimum absolute atomic E-state index is 0.0274. The van der Waals surface area contributed by atoms with Gasteiger partial charge in [0.25, 0.3) is 0 Å². The smallest absolute Gasteiger partial charge is 0.217 e. The lowest BCUT2D eigenvalue weighted by Crippen LogP contribution is -2.23. The Bertz CT molecular complexity index is 685. The lowest BCUT2D eigenvalue weighted by atomic mass is 10.0. The predicted molar refractivity (Wildman–Crippen MR) is 91.0 cm³/mol. The summed E-state index contributed by atoms with van der Waals surface area (Å²) in [7, 11) is 0. The first-order chi connectivity index (χ1) is 11.1. The van der Waals surface area contributed by atoms with Gasteiger partial charge in [-0.2, -0.15) is 0 Å². The monoisotopic (exact) mass is 330 g/mol. The summed E-state index contributed by atoms with van der Waals surface area (Å²) in [6.07, 6.45) is 4.23. The summed E-state index contributed by atoms with van der Waals surface area (Å²) in [6.45, 7) is 6.18. The second-order valence-corrected chi connectivity index (χ2v) is 6.92. The van der Waals surface area contributed by atoms with Crippen molar-refractivity contribution in [3.05, 3.63) is 45.7 Å². The summed E-state index contributed by atoms with van der Waals surface area (Å²) in [4.78, 5) is 23.7. The molecule has 6 heteroatoms. The summed E-state index contributed by atoms with van der Waals surface area (Å²) in [5.41, 5.74) is 5.27. The number of amides is 1. The average molecular weight is 330 g/mol. The maximum absolute atomic E-state index is 11.1. The Morgan fingerprint density at radius 2 is 2.35 bits per heavy atom. The number of pyridine rings is 1. The van der Waals surface area contributed by atoms with Crippen molar-refractivity contribution in [3.63, 3.8) is 0 Å². The molecule has 0 spiro atoms. The first-order valence-electron chi connectivity index (χ1n) is 7.96. The van der Waals surface area contributed by atoms with E-state index in [1.165, 1.54) is 30.2 Å². The molecule has 3 rings (SSSR count). The van der Waals surface area contributed by atoms with Crippen molar-refractivity contribution in [1.82, 2.24) is 20.2 Å². The van der Waals surface area contributed by atoms with Gasteiger partial charge in [-0.05, 0) is 44.0 Å². The molecule has 1 fully saturated rings. The number of carbonyl (C=O) groups excluding carboxylic acids is 1. The highest BCUT2D eigenvalue weighted by molar-refractivity contribution is 7.09. The number of hydrogen-bond acceptors (Lipinski definition) is 5. The molecule has 122 valence electrons. The van der Waals surface area contributed by atoms with E-state index in [2.05, 4.69) is 39.2 Å². The molecule has 0 aliphatic carbocycles. The van der Waals surface area contributed by atoms with Crippen LogP contribution in [0.3, 0.4) is 0 Å². The Balaban J connectivity index is 1.73. The third kappa shape index (κ3) is 3.95. The van der Waals surface area contributed by atoms with Gasteiger partial charge in [-0.3, -0.25) is 14.7 Å². The first-order valence-corrected chi connectivity index (χ1v) is 8.83. The van der Waals surface area contributed by atoms with Crippen LogP contribution in [-0.4, -0.2) is 27.3 Å². The molecule has 1 N–H and O–H groups in total. The molecule has 2 aromatic rings. The molecule has 2 aromatic heterocycles. The average Bonchev–Trinajstić information content (AvgIpc) is 3.16. The lowest BCUT2D eigenvalue weighted by Gasteiger charge is -2.24. The van der Waals surface area contributed by atoms with Gasteiger partial charge in [-0.1, -0.05) is 0 Å². The van der Waals surface area contributed by atoms with Gasteiger partial charge >= 0.3 is 0 Å². The van der Waals surface area contributed by atoms with E-state index in [1.54, 1.807) is 11.3 Å². The Kier molecular flexibility index (Phi) is 5.03. The van der Waals surface area contributed by atoms with Gasteiger partial charge in [0.05, 0.1) is 23.4 Å². The molecule has 0 bridgehead atoms. The number of carbonyl (C=O) groups is 1. The second-order valence-electron chi connectivity index (χ2n) is 5.98. The fraction of sp³-hybridized carbons (Fsp3) is 0.471. The van der Waals surface area contributed by atoms with E-state index in [1.807, 2.05) is 11.7 Å². The molecule has 0 unspecified atom stereocenters. The number of nitrogens with zero attached hydrogens (tertiary/aromatic N) is 3. The molecule has 1 amide bonds. The van der Waals surface area contributed by atoms with E-state index >= 15 is 0 Å². The number of likely N-dealkylation sites (tertiary alicyclic amines) is 1. The maximum Gasteiger partial charge on any atom is 0.217 e. The van der Waals surface area contributed by atoms with Crippen molar-refractivity contribution in [2.45, 2.75) is 45.8 Å². The van der Waals surface area contributed by atoms with E-state index in [4.69, 9.17) is 0 Å². The third-order valence-electron chi connectivity index (χ3n) is 4.30. The highest BCUT2D eigenvalue weighted by Gasteiger charge is 2.27. The second kappa shape index (κ2) is 7.19. The number of thiazole rings is 1. The molecule has 23 heavy (non-hydrogen) atoms. The number of aryl methyl sites for hydroxylation is 1. The summed E-state index contributed by atoms with van der Waals surface area (Å²) in [5.74, 6) is -0.0274. The minimum Gasteiger partial charge on any atom is -0.351 e. The molecule has 0 aromatic carbocycles. The number of aromatic nitrogens is 2. The Hall–Kier alpha value is -1.79. The van der Waals surface area contributed by atoms with Crippen LogP contribution in [0.4, 0.5) is 0 Å². The molecule has 3 heterocycles. The SMILES string of the molecule is CC(=O)NCc1cc([C@@H]2CCCN2Cc2scnc2C)ccn1. The van der Waals surface area contributed by atoms with E-state index in [-0.39, 0.29) is 5.91 Å². The highest BCUT2D eigenvalue weighted by Crippen LogP contribution is 2.34. The fourth-order valence-corrected chi connectivity index (χ4v) is 3.87. The number of hydrogen-bond donors (Lipinski definition) is 1. The molecule has 1 aliphatic heterocycles. The van der Waals surface area contributed by atoms with Crippen LogP contribution < -0.4 is 5.32 Å². The molecule has 1 saturated heterocycles. The number of rotatable bonds is 5. The summed E-state index contributed by atoms with van der Waals surface area (Å²) in [6, 6.07) is 4.65. The largest absolute Gasteiger partial charge is 0.351 e. The summed E-state index contributed by atoms with van der Waals surface area (Å²) >= 11 is 1.74. The van der Waals surface area contributed by atoms with E-state index in [9.17, 15) is 4.79 Å². The van der Waals surface area contributed by atoms with Crippen LogP contribution in [0, 0.1) is 6.92 Å². The van der Waals surface area contributed by atoms with Crippen molar-refractivity contribution in [2.24, 2.45) is 0 Å². The Morgan fingerprint density at radius 3 is 3.09 bits per heavy atom. The summed E-state index contributed by atoms with van der Waals surface area (Å²) < 4.78 is 0. The topological polar surface area (TPSA) is 58.1 Å². The van der Waals surface area contributed by atoms with Gasteiger partial charge in [-0.15, -0.1) is 11.3 Å². The molecular formula is C17H22N4OS. The predicted octanol–water partition coefficient (Wildman–Crippen LogP) is 2.82. The zero-order valence-corrected chi connectivity index (χ0v) is 14.4. The molecule has 1 atom stereocenters. The molecule has 1 aliphatic rings. The van der Waals surface area contributed by atoms with Crippen molar-refractivity contribution in [3.8, 4) is 0 Å². The Labute approximate surface area is 140 Å². The maximum atomic E-state index is 11.1.